The maximum Gasteiger partial charge on any atom is 0.0589 e. The van der Waals surface area contributed by atoms with Crippen molar-refractivity contribution in [2.45, 2.75) is 39.2 Å². The molecule has 0 aromatic carbocycles. The molecule has 0 spiro atoms. The Kier molecular flexibility index (Phi) is 5.22. The third kappa shape index (κ3) is 3.19. The van der Waals surface area contributed by atoms with Gasteiger partial charge in [-0.2, -0.15) is 0 Å². The molecule has 3 heteroatoms. The monoisotopic (exact) mass is 228 g/mol. The van der Waals surface area contributed by atoms with Gasteiger partial charge in [-0.15, -0.1) is 0 Å². The summed E-state index contributed by atoms with van der Waals surface area (Å²) in [5, 5.41) is 0. The van der Waals surface area contributed by atoms with Crippen molar-refractivity contribution in [3.05, 3.63) is 0 Å². The van der Waals surface area contributed by atoms with Crippen LogP contribution in [0.1, 0.15) is 33.6 Å². The van der Waals surface area contributed by atoms with Crippen molar-refractivity contribution in [3.8, 4) is 0 Å². The van der Waals surface area contributed by atoms with Gasteiger partial charge in [0.15, 0.2) is 0 Å². The van der Waals surface area contributed by atoms with Gasteiger partial charge < -0.3 is 10.5 Å². The fourth-order valence-electron chi connectivity index (χ4n) is 2.96. The Morgan fingerprint density at radius 2 is 2.06 bits per heavy atom. The lowest BCUT2D eigenvalue weighted by Gasteiger charge is -2.54. The second-order valence-corrected chi connectivity index (χ2v) is 5.77. The van der Waals surface area contributed by atoms with E-state index in [2.05, 4.69) is 25.7 Å². The highest BCUT2D eigenvalue weighted by Crippen LogP contribution is 2.41. The normalized spacial score (nSPS) is 29.8. The first kappa shape index (κ1) is 13.9. The Bertz CT molecular complexity index is 200. The van der Waals surface area contributed by atoms with E-state index in [9.17, 15) is 0 Å². The standard InChI is InChI=1S/C13H28N2O/c1-11(2)9-15(5-6-16-4)13(10-14)7-12(3)8-13/h11-12H,5-10,14H2,1-4H3. The molecule has 1 saturated carbocycles. The molecular formula is C13H28N2O. The molecule has 0 radical (unpaired) electrons. The average Bonchev–Trinajstić information content (AvgIpc) is 2.19. The van der Waals surface area contributed by atoms with Crippen LogP contribution in [0.15, 0.2) is 0 Å². The lowest BCUT2D eigenvalue weighted by Crippen LogP contribution is -2.62. The Labute approximate surface area is 100 Å². The maximum absolute atomic E-state index is 6.00. The molecular weight excluding hydrogens is 200 g/mol. The quantitative estimate of drug-likeness (QED) is 0.721. The molecule has 1 aliphatic rings. The van der Waals surface area contributed by atoms with Crippen LogP contribution in [-0.2, 0) is 4.74 Å². The zero-order valence-electron chi connectivity index (χ0n) is 11.3. The van der Waals surface area contributed by atoms with Crippen molar-refractivity contribution < 1.29 is 4.74 Å². The van der Waals surface area contributed by atoms with Crippen LogP contribution in [0.25, 0.3) is 0 Å². The van der Waals surface area contributed by atoms with Crippen molar-refractivity contribution in [1.29, 1.82) is 0 Å². The molecule has 1 rings (SSSR count). The first-order valence-electron chi connectivity index (χ1n) is 6.48. The van der Waals surface area contributed by atoms with Gasteiger partial charge in [0.25, 0.3) is 0 Å². The Morgan fingerprint density at radius 1 is 1.44 bits per heavy atom. The van der Waals surface area contributed by atoms with E-state index in [1.807, 2.05) is 0 Å². The Hall–Kier alpha value is -0.120. The second-order valence-electron chi connectivity index (χ2n) is 5.77. The maximum atomic E-state index is 6.00. The summed E-state index contributed by atoms with van der Waals surface area (Å²) in [7, 11) is 1.77. The van der Waals surface area contributed by atoms with Gasteiger partial charge >= 0.3 is 0 Å². The van der Waals surface area contributed by atoms with E-state index in [1.165, 1.54) is 12.8 Å². The smallest absolute Gasteiger partial charge is 0.0589 e. The molecule has 0 aromatic rings. The molecule has 0 atom stereocenters. The number of ether oxygens (including phenoxy) is 1. The van der Waals surface area contributed by atoms with Gasteiger partial charge in [-0.3, -0.25) is 4.90 Å². The molecule has 96 valence electrons. The van der Waals surface area contributed by atoms with Gasteiger partial charge in [-0.05, 0) is 24.7 Å². The van der Waals surface area contributed by atoms with Crippen LogP contribution in [0.3, 0.4) is 0 Å². The molecule has 2 N–H and O–H groups in total. The van der Waals surface area contributed by atoms with E-state index >= 15 is 0 Å². The molecule has 1 aliphatic carbocycles. The molecule has 0 bridgehead atoms. The van der Waals surface area contributed by atoms with Gasteiger partial charge in [0.05, 0.1) is 6.61 Å². The number of hydrogen-bond donors (Lipinski definition) is 1. The van der Waals surface area contributed by atoms with E-state index in [1.54, 1.807) is 7.11 Å². The highest BCUT2D eigenvalue weighted by molar-refractivity contribution is 5.02. The molecule has 3 nitrogen and oxygen atoms in total. The third-order valence-corrected chi connectivity index (χ3v) is 3.66. The third-order valence-electron chi connectivity index (χ3n) is 3.66. The summed E-state index contributed by atoms with van der Waals surface area (Å²) >= 11 is 0. The number of rotatable bonds is 7. The number of nitrogens with zero attached hydrogens (tertiary/aromatic N) is 1. The van der Waals surface area contributed by atoms with E-state index in [4.69, 9.17) is 10.5 Å². The van der Waals surface area contributed by atoms with Crippen LogP contribution in [-0.4, -0.2) is 43.8 Å². The molecule has 0 amide bonds. The molecule has 0 aromatic heterocycles. The summed E-state index contributed by atoms with van der Waals surface area (Å²) in [4.78, 5) is 2.56. The minimum absolute atomic E-state index is 0.266. The van der Waals surface area contributed by atoms with Crippen LogP contribution < -0.4 is 5.73 Å². The highest BCUT2D eigenvalue weighted by Gasteiger charge is 2.45. The van der Waals surface area contributed by atoms with Crippen molar-refractivity contribution in [2.75, 3.05) is 33.4 Å². The molecule has 16 heavy (non-hydrogen) atoms. The van der Waals surface area contributed by atoms with Crippen LogP contribution in [0, 0.1) is 11.8 Å². The Balaban J connectivity index is 2.58. The number of hydrogen-bond acceptors (Lipinski definition) is 3. The van der Waals surface area contributed by atoms with Crippen molar-refractivity contribution >= 4 is 0 Å². The minimum Gasteiger partial charge on any atom is -0.383 e. The summed E-state index contributed by atoms with van der Waals surface area (Å²) in [5.41, 5.74) is 6.26. The van der Waals surface area contributed by atoms with Gasteiger partial charge in [0.2, 0.25) is 0 Å². The molecule has 0 heterocycles. The zero-order chi connectivity index (χ0) is 12.2. The lowest BCUT2D eigenvalue weighted by molar-refractivity contribution is -0.0312. The van der Waals surface area contributed by atoms with Crippen LogP contribution in [0.5, 0.6) is 0 Å². The van der Waals surface area contributed by atoms with E-state index in [0.717, 1.165) is 32.2 Å². The van der Waals surface area contributed by atoms with E-state index in [-0.39, 0.29) is 5.54 Å². The lowest BCUT2D eigenvalue weighted by atomic mass is 9.68. The summed E-state index contributed by atoms with van der Waals surface area (Å²) in [6.07, 6.45) is 2.50. The summed E-state index contributed by atoms with van der Waals surface area (Å²) in [5.74, 6) is 1.52. The SMILES string of the molecule is COCCN(CC(C)C)C1(CN)CC(C)C1. The number of nitrogens with two attached hydrogens (primary N) is 1. The van der Waals surface area contributed by atoms with Crippen LogP contribution >= 0.6 is 0 Å². The molecule has 0 saturated heterocycles. The summed E-state index contributed by atoms with van der Waals surface area (Å²) < 4.78 is 5.21. The van der Waals surface area contributed by atoms with Gasteiger partial charge in [0.1, 0.15) is 0 Å². The first-order chi connectivity index (χ1) is 7.54. The summed E-state index contributed by atoms with van der Waals surface area (Å²) in [6, 6.07) is 0. The molecule has 0 aliphatic heterocycles. The zero-order valence-corrected chi connectivity index (χ0v) is 11.3. The molecule has 1 fully saturated rings. The van der Waals surface area contributed by atoms with Crippen molar-refractivity contribution in [1.82, 2.24) is 4.90 Å². The largest absolute Gasteiger partial charge is 0.383 e. The van der Waals surface area contributed by atoms with E-state index in [0.29, 0.717) is 5.92 Å². The van der Waals surface area contributed by atoms with Gasteiger partial charge in [-0.25, -0.2) is 0 Å². The van der Waals surface area contributed by atoms with Gasteiger partial charge in [-0.1, -0.05) is 20.8 Å². The second kappa shape index (κ2) is 5.99. The fraction of sp³-hybridized carbons (Fsp3) is 1.00. The van der Waals surface area contributed by atoms with Gasteiger partial charge in [0, 0.05) is 32.3 Å². The van der Waals surface area contributed by atoms with Crippen molar-refractivity contribution in [2.24, 2.45) is 17.6 Å². The number of methoxy groups -OCH3 is 1. The fourth-order valence-corrected chi connectivity index (χ4v) is 2.96. The predicted octanol–water partition coefficient (Wildman–Crippen LogP) is 1.72. The van der Waals surface area contributed by atoms with Crippen LogP contribution in [0.4, 0.5) is 0 Å². The molecule has 0 unspecified atom stereocenters. The van der Waals surface area contributed by atoms with Crippen molar-refractivity contribution in [3.63, 3.8) is 0 Å². The van der Waals surface area contributed by atoms with E-state index < -0.39 is 0 Å². The summed E-state index contributed by atoms with van der Waals surface area (Å²) in [6.45, 7) is 10.6. The topological polar surface area (TPSA) is 38.5 Å². The predicted molar refractivity (Wildman–Crippen MR) is 68.5 cm³/mol. The average molecular weight is 228 g/mol. The highest BCUT2D eigenvalue weighted by atomic mass is 16.5. The Morgan fingerprint density at radius 3 is 2.44 bits per heavy atom. The minimum atomic E-state index is 0.266. The van der Waals surface area contributed by atoms with Crippen LogP contribution in [0.2, 0.25) is 0 Å². The first-order valence-corrected chi connectivity index (χ1v) is 6.48.